The number of rotatable bonds is 3. The lowest BCUT2D eigenvalue weighted by molar-refractivity contribution is 1.14. The number of hydrogen-bond donors (Lipinski definition) is 0. The summed E-state index contributed by atoms with van der Waals surface area (Å²) in [7, 11) is 4.16. The molecule has 1 aromatic heterocycles. The van der Waals surface area contributed by atoms with E-state index in [1.807, 2.05) is 24.5 Å². The molecule has 0 amide bonds. The lowest BCUT2D eigenvalue weighted by Crippen LogP contribution is -2.09. The number of nitrogens with zero attached hydrogens (tertiary/aromatic N) is 2. The Balaban J connectivity index is 2.08. The normalized spacial score (nSPS) is 11.1. The van der Waals surface area contributed by atoms with E-state index in [2.05, 4.69) is 72.5 Å². The van der Waals surface area contributed by atoms with Gasteiger partial charge in [0.25, 0.3) is 0 Å². The SMILES string of the molecule is CN(C)c1ccc(/C=C/c2ccncc2)c2ccccc12. The van der Waals surface area contributed by atoms with E-state index in [1.165, 1.54) is 22.0 Å². The van der Waals surface area contributed by atoms with E-state index in [0.29, 0.717) is 0 Å². The molecule has 3 aromatic rings. The molecule has 0 fully saturated rings. The zero-order valence-corrected chi connectivity index (χ0v) is 12.3. The average molecular weight is 274 g/mol. The van der Waals surface area contributed by atoms with Crippen molar-refractivity contribution in [3.8, 4) is 0 Å². The molecule has 0 aliphatic rings. The van der Waals surface area contributed by atoms with E-state index < -0.39 is 0 Å². The van der Waals surface area contributed by atoms with Gasteiger partial charge in [0.2, 0.25) is 0 Å². The highest BCUT2D eigenvalue weighted by Crippen LogP contribution is 2.29. The molecule has 3 rings (SSSR count). The minimum absolute atomic E-state index is 1.16. The summed E-state index contributed by atoms with van der Waals surface area (Å²) < 4.78 is 0. The molecular formula is C19H18N2. The summed E-state index contributed by atoms with van der Waals surface area (Å²) >= 11 is 0. The van der Waals surface area contributed by atoms with Gasteiger partial charge in [-0.25, -0.2) is 0 Å². The van der Waals surface area contributed by atoms with Crippen LogP contribution in [-0.4, -0.2) is 19.1 Å². The van der Waals surface area contributed by atoms with Crippen LogP contribution in [0, 0.1) is 0 Å². The largest absolute Gasteiger partial charge is 0.377 e. The number of aromatic nitrogens is 1. The molecule has 21 heavy (non-hydrogen) atoms. The third-order valence-electron chi connectivity index (χ3n) is 3.58. The Kier molecular flexibility index (Phi) is 3.69. The molecule has 0 saturated carbocycles. The Bertz CT molecular complexity index is 774. The van der Waals surface area contributed by atoms with Gasteiger partial charge in [0, 0.05) is 37.6 Å². The fourth-order valence-electron chi connectivity index (χ4n) is 2.50. The maximum atomic E-state index is 4.04. The first-order valence-corrected chi connectivity index (χ1v) is 7.03. The van der Waals surface area contributed by atoms with Crippen molar-refractivity contribution in [1.29, 1.82) is 0 Å². The predicted molar refractivity (Wildman–Crippen MR) is 91.4 cm³/mol. The van der Waals surface area contributed by atoms with Gasteiger partial charge in [0.15, 0.2) is 0 Å². The van der Waals surface area contributed by atoms with E-state index in [0.717, 1.165) is 5.56 Å². The molecule has 0 spiro atoms. The monoisotopic (exact) mass is 274 g/mol. The number of anilines is 1. The molecule has 2 aromatic carbocycles. The van der Waals surface area contributed by atoms with Gasteiger partial charge in [0.05, 0.1) is 0 Å². The van der Waals surface area contributed by atoms with Crippen LogP contribution < -0.4 is 4.90 Å². The molecule has 1 heterocycles. The number of pyridine rings is 1. The van der Waals surface area contributed by atoms with E-state index in [9.17, 15) is 0 Å². The summed E-state index contributed by atoms with van der Waals surface area (Å²) in [6.45, 7) is 0. The summed E-state index contributed by atoms with van der Waals surface area (Å²) in [5.41, 5.74) is 3.63. The minimum atomic E-state index is 1.16. The molecule has 0 unspecified atom stereocenters. The van der Waals surface area contributed by atoms with Crippen LogP contribution in [0.1, 0.15) is 11.1 Å². The zero-order valence-electron chi connectivity index (χ0n) is 12.3. The molecule has 0 saturated heterocycles. The number of hydrogen-bond acceptors (Lipinski definition) is 2. The highest BCUT2D eigenvalue weighted by Gasteiger charge is 2.05. The van der Waals surface area contributed by atoms with E-state index in [-0.39, 0.29) is 0 Å². The van der Waals surface area contributed by atoms with Crippen molar-refractivity contribution >= 4 is 28.6 Å². The van der Waals surface area contributed by atoms with Gasteiger partial charge in [-0.2, -0.15) is 0 Å². The first kappa shape index (κ1) is 13.4. The lowest BCUT2D eigenvalue weighted by atomic mass is 10.0. The third kappa shape index (κ3) is 2.79. The van der Waals surface area contributed by atoms with Crippen LogP contribution >= 0.6 is 0 Å². The quantitative estimate of drug-likeness (QED) is 0.700. The molecule has 0 aliphatic carbocycles. The highest BCUT2D eigenvalue weighted by molar-refractivity contribution is 6.00. The van der Waals surface area contributed by atoms with E-state index in [4.69, 9.17) is 0 Å². The number of benzene rings is 2. The maximum Gasteiger partial charge on any atom is 0.0441 e. The van der Waals surface area contributed by atoms with Gasteiger partial charge in [-0.15, -0.1) is 0 Å². The Labute approximate surface area is 125 Å². The van der Waals surface area contributed by atoms with Gasteiger partial charge >= 0.3 is 0 Å². The molecular weight excluding hydrogens is 256 g/mol. The van der Waals surface area contributed by atoms with Crippen LogP contribution in [0.2, 0.25) is 0 Å². The molecule has 0 aliphatic heterocycles. The van der Waals surface area contributed by atoms with Gasteiger partial charge < -0.3 is 4.90 Å². The standard InChI is InChI=1S/C19H18N2/c1-21(2)19-10-9-16(17-5-3-4-6-18(17)19)8-7-15-11-13-20-14-12-15/h3-14H,1-2H3/b8-7+. The summed E-state index contributed by atoms with van der Waals surface area (Å²) in [6.07, 6.45) is 7.91. The third-order valence-corrected chi connectivity index (χ3v) is 3.58. The van der Waals surface area contributed by atoms with E-state index >= 15 is 0 Å². The molecule has 0 N–H and O–H groups in total. The highest BCUT2D eigenvalue weighted by atomic mass is 15.1. The summed E-state index contributed by atoms with van der Waals surface area (Å²) in [5, 5.41) is 2.55. The second-order valence-corrected chi connectivity index (χ2v) is 5.23. The molecule has 0 bridgehead atoms. The predicted octanol–water partition coefficient (Wildman–Crippen LogP) is 4.47. The molecule has 0 radical (unpaired) electrons. The first-order chi connectivity index (χ1) is 10.3. The van der Waals surface area contributed by atoms with Crippen molar-refractivity contribution in [2.75, 3.05) is 19.0 Å². The van der Waals surface area contributed by atoms with Gasteiger partial charge in [-0.05, 0) is 34.7 Å². The summed E-state index contributed by atoms with van der Waals surface area (Å²) in [4.78, 5) is 6.19. The summed E-state index contributed by atoms with van der Waals surface area (Å²) in [5.74, 6) is 0. The van der Waals surface area contributed by atoms with Crippen LogP contribution in [0.5, 0.6) is 0 Å². The fourth-order valence-corrected chi connectivity index (χ4v) is 2.50. The molecule has 104 valence electrons. The molecule has 2 nitrogen and oxygen atoms in total. The van der Waals surface area contributed by atoms with Crippen molar-refractivity contribution in [3.05, 3.63) is 72.1 Å². The van der Waals surface area contributed by atoms with Crippen LogP contribution in [0.4, 0.5) is 5.69 Å². The van der Waals surface area contributed by atoms with Crippen LogP contribution in [0.25, 0.3) is 22.9 Å². The van der Waals surface area contributed by atoms with Crippen molar-refractivity contribution in [2.45, 2.75) is 0 Å². The average Bonchev–Trinajstić information content (AvgIpc) is 2.53. The molecule has 0 atom stereocenters. The Morgan fingerprint density at radius 2 is 1.52 bits per heavy atom. The molecule has 2 heteroatoms. The minimum Gasteiger partial charge on any atom is -0.377 e. The van der Waals surface area contributed by atoms with Crippen molar-refractivity contribution in [2.24, 2.45) is 0 Å². The van der Waals surface area contributed by atoms with Crippen LogP contribution in [0.3, 0.4) is 0 Å². The Morgan fingerprint density at radius 1 is 0.810 bits per heavy atom. The van der Waals surface area contributed by atoms with Crippen molar-refractivity contribution in [3.63, 3.8) is 0 Å². The van der Waals surface area contributed by atoms with Gasteiger partial charge in [-0.1, -0.05) is 42.5 Å². The van der Waals surface area contributed by atoms with Crippen molar-refractivity contribution < 1.29 is 0 Å². The Morgan fingerprint density at radius 3 is 2.24 bits per heavy atom. The van der Waals surface area contributed by atoms with Gasteiger partial charge in [-0.3, -0.25) is 4.98 Å². The van der Waals surface area contributed by atoms with Crippen LogP contribution in [-0.2, 0) is 0 Å². The van der Waals surface area contributed by atoms with E-state index in [1.54, 1.807) is 0 Å². The second kappa shape index (κ2) is 5.80. The maximum absolute atomic E-state index is 4.04. The fraction of sp³-hybridized carbons (Fsp3) is 0.105. The second-order valence-electron chi connectivity index (χ2n) is 5.23. The summed E-state index contributed by atoms with van der Waals surface area (Å²) in [6, 6.07) is 16.9. The lowest BCUT2D eigenvalue weighted by Gasteiger charge is -2.16. The van der Waals surface area contributed by atoms with Gasteiger partial charge in [0.1, 0.15) is 0 Å². The Hall–Kier alpha value is -2.61. The number of fused-ring (bicyclic) bond motifs is 1. The smallest absolute Gasteiger partial charge is 0.0441 e. The topological polar surface area (TPSA) is 16.1 Å². The first-order valence-electron chi connectivity index (χ1n) is 7.03. The zero-order chi connectivity index (χ0) is 14.7. The van der Waals surface area contributed by atoms with Crippen LogP contribution in [0.15, 0.2) is 60.9 Å². The van der Waals surface area contributed by atoms with Crippen molar-refractivity contribution in [1.82, 2.24) is 4.98 Å².